The van der Waals surface area contributed by atoms with Crippen LogP contribution in [0.25, 0.3) is 0 Å². The molecule has 0 spiro atoms. The van der Waals surface area contributed by atoms with E-state index >= 15 is 0 Å². The average molecular weight is 311 g/mol. The number of ether oxygens (including phenoxy) is 1. The van der Waals surface area contributed by atoms with Crippen molar-refractivity contribution in [3.8, 4) is 0 Å². The van der Waals surface area contributed by atoms with E-state index in [9.17, 15) is 9.59 Å². The Bertz CT molecular complexity index is 381. The second kappa shape index (κ2) is 8.48. The van der Waals surface area contributed by atoms with E-state index in [0.717, 1.165) is 39.3 Å². The topological polar surface area (TPSA) is 70.7 Å². The first-order chi connectivity index (χ1) is 10.6. The third kappa shape index (κ3) is 5.57. The maximum absolute atomic E-state index is 12.0. The number of rotatable bonds is 8. The van der Waals surface area contributed by atoms with Crippen molar-refractivity contribution in [1.82, 2.24) is 15.5 Å². The van der Waals surface area contributed by atoms with Gasteiger partial charge in [0.2, 0.25) is 11.8 Å². The zero-order valence-electron chi connectivity index (χ0n) is 13.8. The van der Waals surface area contributed by atoms with Crippen LogP contribution in [-0.4, -0.2) is 62.7 Å². The summed E-state index contributed by atoms with van der Waals surface area (Å²) in [5.41, 5.74) is 0. The summed E-state index contributed by atoms with van der Waals surface area (Å²) in [6.45, 7) is 9.88. The third-order valence-corrected chi connectivity index (χ3v) is 4.32. The van der Waals surface area contributed by atoms with Crippen LogP contribution in [-0.2, 0) is 14.3 Å². The maximum Gasteiger partial charge on any atom is 0.223 e. The van der Waals surface area contributed by atoms with Crippen LogP contribution in [0.1, 0.15) is 26.7 Å². The second-order valence-electron chi connectivity index (χ2n) is 6.67. The fourth-order valence-corrected chi connectivity index (χ4v) is 2.68. The third-order valence-electron chi connectivity index (χ3n) is 4.32. The zero-order chi connectivity index (χ0) is 15.9. The van der Waals surface area contributed by atoms with E-state index in [4.69, 9.17) is 4.74 Å². The molecule has 2 fully saturated rings. The molecule has 1 aliphatic heterocycles. The van der Waals surface area contributed by atoms with E-state index in [1.807, 2.05) is 0 Å². The first-order valence-electron chi connectivity index (χ1n) is 8.43. The summed E-state index contributed by atoms with van der Waals surface area (Å²) >= 11 is 0. The van der Waals surface area contributed by atoms with Gasteiger partial charge in [-0.2, -0.15) is 0 Å². The van der Waals surface area contributed by atoms with Crippen molar-refractivity contribution in [3.05, 3.63) is 0 Å². The molecule has 2 atom stereocenters. The van der Waals surface area contributed by atoms with Gasteiger partial charge in [-0.25, -0.2) is 0 Å². The highest BCUT2D eigenvalue weighted by molar-refractivity contribution is 5.92. The normalized spacial score (nSPS) is 25.0. The van der Waals surface area contributed by atoms with Gasteiger partial charge in [-0.15, -0.1) is 0 Å². The highest BCUT2D eigenvalue weighted by Gasteiger charge is 2.47. The van der Waals surface area contributed by atoms with Crippen molar-refractivity contribution in [2.75, 3.05) is 45.9 Å². The quantitative estimate of drug-likeness (QED) is 0.673. The van der Waals surface area contributed by atoms with Crippen LogP contribution in [0.15, 0.2) is 0 Å². The molecular formula is C16H29N3O3. The van der Waals surface area contributed by atoms with Crippen LogP contribution >= 0.6 is 0 Å². The molecule has 22 heavy (non-hydrogen) atoms. The Labute approximate surface area is 132 Å². The Hall–Kier alpha value is -1.14. The smallest absolute Gasteiger partial charge is 0.223 e. The average Bonchev–Trinajstić information content (AvgIpc) is 3.28. The van der Waals surface area contributed by atoms with E-state index in [-0.39, 0.29) is 23.7 Å². The van der Waals surface area contributed by atoms with E-state index in [2.05, 4.69) is 29.4 Å². The highest BCUT2D eigenvalue weighted by Crippen LogP contribution is 2.38. The van der Waals surface area contributed by atoms with Gasteiger partial charge in [-0.3, -0.25) is 14.5 Å². The standard InChI is InChI=1S/C16H29N3O3/c1-12(2)3-4-17-15(20)13-11-14(13)16(21)18-5-6-19-7-9-22-10-8-19/h12-14H,3-11H2,1-2H3,(H,17,20)(H,18,21). The minimum absolute atomic E-state index is 0.0252. The minimum atomic E-state index is -0.122. The summed E-state index contributed by atoms with van der Waals surface area (Å²) in [7, 11) is 0. The van der Waals surface area contributed by atoms with Crippen LogP contribution < -0.4 is 10.6 Å². The molecule has 126 valence electrons. The second-order valence-corrected chi connectivity index (χ2v) is 6.67. The first kappa shape index (κ1) is 17.2. The van der Waals surface area contributed by atoms with E-state index in [1.54, 1.807) is 0 Å². The molecule has 0 aromatic rings. The van der Waals surface area contributed by atoms with Crippen molar-refractivity contribution >= 4 is 11.8 Å². The largest absolute Gasteiger partial charge is 0.379 e. The van der Waals surface area contributed by atoms with Gasteiger partial charge in [-0.1, -0.05) is 13.8 Å². The molecule has 1 saturated carbocycles. The lowest BCUT2D eigenvalue weighted by Crippen LogP contribution is -2.41. The summed E-state index contributed by atoms with van der Waals surface area (Å²) in [6, 6.07) is 0. The predicted octanol–water partition coefficient (Wildman–Crippen LogP) is 0.233. The number of morpholine rings is 1. The van der Waals surface area contributed by atoms with Crippen molar-refractivity contribution < 1.29 is 14.3 Å². The minimum Gasteiger partial charge on any atom is -0.379 e. The van der Waals surface area contributed by atoms with E-state index in [0.29, 0.717) is 25.4 Å². The molecule has 2 rings (SSSR count). The molecule has 6 heteroatoms. The number of hydrogen-bond donors (Lipinski definition) is 2. The van der Waals surface area contributed by atoms with Gasteiger partial charge < -0.3 is 15.4 Å². The van der Waals surface area contributed by atoms with Gasteiger partial charge in [0.05, 0.1) is 25.0 Å². The van der Waals surface area contributed by atoms with Crippen molar-refractivity contribution in [2.45, 2.75) is 26.7 Å². The Morgan fingerprint density at radius 2 is 1.68 bits per heavy atom. The van der Waals surface area contributed by atoms with E-state index in [1.165, 1.54) is 0 Å². The monoisotopic (exact) mass is 311 g/mol. The molecule has 0 radical (unpaired) electrons. The van der Waals surface area contributed by atoms with Crippen molar-refractivity contribution in [3.63, 3.8) is 0 Å². The fourth-order valence-electron chi connectivity index (χ4n) is 2.68. The fraction of sp³-hybridized carbons (Fsp3) is 0.875. The number of amides is 2. The summed E-state index contributed by atoms with van der Waals surface area (Å²) in [5.74, 6) is 0.407. The Morgan fingerprint density at radius 3 is 2.27 bits per heavy atom. The number of hydrogen-bond acceptors (Lipinski definition) is 4. The molecule has 2 aliphatic rings. The van der Waals surface area contributed by atoms with Crippen molar-refractivity contribution in [1.29, 1.82) is 0 Å². The number of carbonyl (C=O) groups excluding carboxylic acids is 2. The molecule has 1 heterocycles. The predicted molar refractivity (Wildman–Crippen MR) is 84.3 cm³/mol. The Morgan fingerprint density at radius 1 is 1.09 bits per heavy atom. The lowest BCUT2D eigenvalue weighted by atomic mass is 10.1. The van der Waals surface area contributed by atoms with Gasteiger partial charge in [0.15, 0.2) is 0 Å². The van der Waals surface area contributed by atoms with Gasteiger partial charge >= 0.3 is 0 Å². The van der Waals surface area contributed by atoms with Crippen LogP contribution in [0.2, 0.25) is 0 Å². The summed E-state index contributed by atoms with van der Waals surface area (Å²) in [5, 5.41) is 5.88. The first-order valence-corrected chi connectivity index (χ1v) is 8.43. The molecular weight excluding hydrogens is 282 g/mol. The Kier molecular flexibility index (Phi) is 6.64. The molecule has 0 aromatic heterocycles. The number of carbonyl (C=O) groups is 2. The van der Waals surface area contributed by atoms with Gasteiger partial charge in [0.1, 0.15) is 0 Å². The van der Waals surface area contributed by atoms with Gasteiger partial charge in [-0.05, 0) is 18.8 Å². The lowest BCUT2D eigenvalue weighted by molar-refractivity contribution is -0.127. The van der Waals surface area contributed by atoms with Crippen LogP contribution in [0.4, 0.5) is 0 Å². The molecule has 0 aromatic carbocycles. The molecule has 1 saturated heterocycles. The SMILES string of the molecule is CC(C)CCNC(=O)C1CC1C(=O)NCCN1CCOCC1. The number of nitrogens with one attached hydrogen (secondary N) is 2. The zero-order valence-corrected chi connectivity index (χ0v) is 13.8. The number of nitrogens with zero attached hydrogens (tertiary/aromatic N) is 1. The van der Waals surface area contributed by atoms with Gasteiger partial charge in [0, 0.05) is 32.7 Å². The van der Waals surface area contributed by atoms with Crippen LogP contribution in [0.5, 0.6) is 0 Å². The maximum atomic E-state index is 12.0. The Balaban J connectivity index is 1.56. The van der Waals surface area contributed by atoms with Crippen molar-refractivity contribution in [2.24, 2.45) is 17.8 Å². The summed E-state index contributed by atoms with van der Waals surface area (Å²) in [4.78, 5) is 26.2. The van der Waals surface area contributed by atoms with Crippen LogP contribution in [0.3, 0.4) is 0 Å². The molecule has 2 amide bonds. The summed E-state index contributed by atoms with van der Waals surface area (Å²) in [6.07, 6.45) is 1.67. The molecule has 2 N–H and O–H groups in total. The summed E-state index contributed by atoms with van der Waals surface area (Å²) < 4.78 is 5.29. The van der Waals surface area contributed by atoms with E-state index < -0.39 is 0 Å². The lowest BCUT2D eigenvalue weighted by Gasteiger charge is -2.26. The highest BCUT2D eigenvalue weighted by atomic mass is 16.5. The molecule has 6 nitrogen and oxygen atoms in total. The molecule has 1 aliphatic carbocycles. The molecule has 0 bridgehead atoms. The van der Waals surface area contributed by atoms with Gasteiger partial charge in [0.25, 0.3) is 0 Å². The molecule has 2 unspecified atom stereocenters. The van der Waals surface area contributed by atoms with Crippen LogP contribution in [0, 0.1) is 17.8 Å².